The van der Waals surface area contributed by atoms with Gasteiger partial charge in [0, 0.05) is 44.5 Å². The Hall–Kier alpha value is -1.26. The Morgan fingerprint density at radius 2 is 2.19 bits per heavy atom. The molecule has 0 saturated carbocycles. The molecule has 118 valence electrons. The maximum atomic E-state index is 5.83. The van der Waals surface area contributed by atoms with Crippen LogP contribution in [0.4, 0.5) is 5.69 Å². The molecule has 1 N–H and O–H groups in total. The molecule has 2 rings (SSSR count). The monoisotopic (exact) mass is 292 g/mol. The molecule has 0 spiro atoms. The molecule has 0 aliphatic carbocycles. The quantitative estimate of drug-likeness (QED) is 0.709. The van der Waals surface area contributed by atoms with E-state index in [1.807, 2.05) is 6.07 Å². The van der Waals surface area contributed by atoms with Crippen molar-refractivity contribution in [1.82, 2.24) is 5.32 Å². The van der Waals surface area contributed by atoms with Gasteiger partial charge in [0.2, 0.25) is 0 Å². The molecule has 1 atom stereocenters. The first-order valence-electron chi connectivity index (χ1n) is 8.09. The zero-order valence-electron chi connectivity index (χ0n) is 13.3. The molecule has 4 heteroatoms. The molecule has 0 amide bonds. The number of anilines is 1. The lowest BCUT2D eigenvalue weighted by Gasteiger charge is -2.21. The second-order valence-corrected chi connectivity index (χ2v) is 5.45. The fourth-order valence-electron chi connectivity index (χ4n) is 2.65. The minimum absolute atomic E-state index is 0.677. The van der Waals surface area contributed by atoms with Gasteiger partial charge in [-0.3, -0.25) is 0 Å². The highest BCUT2D eigenvalue weighted by atomic mass is 16.5. The predicted octanol–water partition coefficient (Wildman–Crippen LogP) is 2.54. The van der Waals surface area contributed by atoms with Crippen LogP contribution in [0.3, 0.4) is 0 Å². The molecule has 1 unspecified atom stereocenters. The fraction of sp³-hybridized carbons (Fsp3) is 0.647. The first-order chi connectivity index (χ1) is 10.3. The van der Waals surface area contributed by atoms with E-state index in [-0.39, 0.29) is 0 Å². The summed E-state index contributed by atoms with van der Waals surface area (Å²) >= 11 is 0. The molecule has 4 nitrogen and oxygen atoms in total. The summed E-state index contributed by atoms with van der Waals surface area (Å²) in [6.45, 7) is 10.8. The average molecular weight is 292 g/mol. The van der Waals surface area contributed by atoms with Crippen molar-refractivity contribution in [3.8, 4) is 5.75 Å². The molecule has 1 heterocycles. The molecule has 1 aliphatic rings. The topological polar surface area (TPSA) is 33.7 Å². The number of ether oxygens (including phenoxy) is 2. The Morgan fingerprint density at radius 1 is 1.33 bits per heavy atom. The van der Waals surface area contributed by atoms with Gasteiger partial charge in [-0.15, -0.1) is 0 Å². The second kappa shape index (κ2) is 8.90. The standard InChI is InChI=1S/C17H28N2O2/c1-3-19(4-2)16-6-5-7-17(12-16)21-11-9-18-13-15-8-10-20-14-15/h5-7,12,15,18H,3-4,8-11,13-14H2,1-2H3. The lowest BCUT2D eigenvalue weighted by Crippen LogP contribution is -2.27. The van der Waals surface area contributed by atoms with Crippen LogP contribution in [0.25, 0.3) is 0 Å². The lowest BCUT2D eigenvalue weighted by molar-refractivity contribution is 0.185. The van der Waals surface area contributed by atoms with E-state index in [1.54, 1.807) is 0 Å². The summed E-state index contributed by atoms with van der Waals surface area (Å²) in [7, 11) is 0. The van der Waals surface area contributed by atoms with Crippen molar-refractivity contribution >= 4 is 5.69 Å². The van der Waals surface area contributed by atoms with E-state index < -0.39 is 0 Å². The van der Waals surface area contributed by atoms with Crippen molar-refractivity contribution in [1.29, 1.82) is 0 Å². The zero-order valence-corrected chi connectivity index (χ0v) is 13.3. The molecule has 0 aromatic heterocycles. The highest BCUT2D eigenvalue weighted by Crippen LogP contribution is 2.20. The first-order valence-corrected chi connectivity index (χ1v) is 8.09. The van der Waals surface area contributed by atoms with Gasteiger partial charge in [0.05, 0.1) is 6.61 Å². The molecular weight excluding hydrogens is 264 g/mol. The van der Waals surface area contributed by atoms with E-state index in [2.05, 4.69) is 42.3 Å². The van der Waals surface area contributed by atoms with Crippen molar-refractivity contribution in [2.24, 2.45) is 5.92 Å². The molecule has 1 fully saturated rings. The summed E-state index contributed by atoms with van der Waals surface area (Å²) in [6, 6.07) is 8.35. The van der Waals surface area contributed by atoms with Gasteiger partial charge in [0.1, 0.15) is 12.4 Å². The van der Waals surface area contributed by atoms with Gasteiger partial charge in [-0.1, -0.05) is 6.07 Å². The average Bonchev–Trinajstić information content (AvgIpc) is 3.02. The molecule has 1 aromatic carbocycles. The van der Waals surface area contributed by atoms with E-state index >= 15 is 0 Å². The molecule has 21 heavy (non-hydrogen) atoms. The summed E-state index contributed by atoms with van der Waals surface area (Å²) in [5.74, 6) is 1.63. The van der Waals surface area contributed by atoms with Gasteiger partial charge in [-0.05, 0) is 38.3 Å². The van der Waals surface area contributed by atoms with E-state index in [9.17, 15) is 0 Å². The van der Waals surface area contributed by atoms with Gasteiger partial charge in [-0.25, -0.2) is 0 Å². The fourth-order valence-corrected chi connectivity index (χ4v) is 2.65. The molecule has 1 saturated heterocycles. The number of rotatable bonds is 9. The largest absolute Gasteiger partial charge is 0.492 e. The number of nitrogens with zero attached hydrogens (tertiary/aromatic N) is 1. The van der Waals surface area contributed by atoms with Crippen molar-refractivity contribution in [2.75, 3.05) is 50.9 Å². The Kier molecular flexibility index (Phi) is 6.83. The van der Waals surface area contributed by atoms with E-state index in [0.717, 1.165) is 45.1 Å². The third-order valence-corrected chi connectivity index (χ3v) is 3.95. The van der Waals surface area contributed by atoms with E-state index in [1.165, 1.54) is 12.1 Å². The van der Waals surface area contributed by atoms with Crippen LogP contribution in [0.15, 0.2) is 24.3 Å². The van der Waals surface area contributed by atoms with Crippen molar-refractivity contribution in [3.05, 3.63) is 24.3 Å². The zero-order chi connectivity index (χ0) is 14.9. The van der Waals surface area contributed by atoms with Crippen LogP contribution in [0.1, 0.15) is 20.3 Å². The molecular formula is C17H28N2O2. The molecule has 0 bridgehead atoms. The minimum Gasteiger partial charge on any atom is -0.492 e. The van der Waals surface area contributed by atoms with Crippen LogP contribution in [0.5, 0.6) is 5.75 Å². The van der Waals surface area contributed by atoms with Gasteiger partial charge >= 0.3 is 0 Å². The van der Waals surface area contributed by atoms with Crippen molar-refractivity contribution in [2.45, 2.75) is 20.3 Å². The van der Waals surface area contributed by atoms with Crippen LogP contribution in [-0.4, -0.2) is 46.0 Å². The van der Waals surface area contributed by atoms with Crippen molar-refractivity contribution in [3.63, 3.8) is 0 Å². The second-order valence-electron chi connectivity index (χ2n) is 5.45. The summed E-state index contributed by atoms with van der Waals surface area (Å²) in [6.07, 6.45) is 1.18. The Labute approximate surface area is 128 Å². The van der Waals surface area contributed by atoms with Gasteiger partial charge < -0.3 is 19.7 Å². The van der Waals surface area contributed by atoms with Crippen molar-refractivity contribution < 1.29 is 9.47 Å². The summed E-state index contributed by atoms with van der Waals surface area (Å²) in [4.78, 5) is 2.32. The molecule has 1 aliphatic heterocycles. The van der Waals surface area contributed by atoms with Gasteiger partial charge in [0.25, 0.3) is 0 Å². The SMILES string of the molecule is CCN(CC)c1cccc(OCCNCC2CCOC2)c1. The smallest absolute Gasteiger partial charge is 0.121 e. The summed E-state index contributed by atoms with van der Waals surface area (Å²) in [5.41, 5.74) is 1.23. The third-order valence-electron chi connectivity index (χ3n) is 3.95. The molecule has 1 aromatic rings. The highest BCUT2D eigenvalue weighted by molar-refractivity contribution is 5.50. The normalized spacial score (nSPS) is 17.9. The van der Waals surface area contributed by atoms with Crippen LogP contribution in [0.2, 0.25) is 0 Å². The van der Waals surface area contributed by atoms with E-state index in [0.29, 0.717) is 12.5 Å². The Balaban J connectivity index is 1.69. The lowest BCUT2D eigenvalue weighted by atomic mass is 10.1. The maximum Gasteiger partial charge on any atom is 0.121 e. The van der Waals surface area contributed by atoms with E-state index in [4.69, 9.17) is 9.47 Å². The Morgan fingerprint density at radius 3 is 2.90 bits per heavy atom. The molecule has 0 radical (unpaired) electrons. The summed E-state index contributed by atoms with van der Waals surface area (Å²) < 4.78 is 11.2. The third kappa shape index (κ3) is 5.21. The maximum absolute atomic E-state index is 5.83. The minimum atomic E-state index is 0.677. The predicted molar refractivity (Wildman–Crippen MR) is 87.3 cm³/mol. The van der Waals surface area contributed by atoms with Crippen LogP contribution >= 0.6 is 0 Å². The number of hydrogen-bond donors (Lipinski definition) is 1. The Bertz CT molecular complexity index is 402. The van der Waals surface area contributed by atoms with Gasteiger partial charge in [-0.2, -0.15) is 0 Å². The van der Waals surface area contributed by atoms with Crippen LogP contribution in [0, 0.1) is 5.92 Å². The number of nitrogens with one attached hydrogen (secondary N) is 1. The van der Waals surface area contributed by atoms with Gasteiger partial charge in [0.15, 0.2) is 0 Å². The first kappa shape index (κ1) is 16.1. The highest BCUT2D eigenvalue weighted by Gasteiger charge is 2.14. The van der Waals surface area contributed by atoms with Crippen LogP contribution < -0.4 is 15.0 Å². The number of hydrogen-bond acceptors (Lipinski definition) is 4. The van der Waals surface area contributed by atoms with Crippen LogP contribution in [-0.2, 0) is 4.74 Å². The number of benzene rings is 1. The summed E-state index contributed by atoms with van der Waals surface area (Å²) in [5, 5.41) is 3.44.